The fraction of sp³-hybridized carbons (Fsp3) is 0.810. The smallest absolute Gasteiger partial charge is 0.305 e. The van der Waals surface area contributed by atoms with Crippen LogP contribution in [0.1, 0.15) is 59.8 Å². The highest BCUT2D eigenvalue weighted by Gasteiger charge is 2.62. The molecule has 6 atom stereocenters. The minimum absolute atomic E-state index is 0.301. The Morgan fingerprint density at radius 1 is 0.844 bits per heavy atom. The molecule has 2 heterocycles. The zero-order valence-electron chi connectivity index (χ0n) is 18.7. The van der Waals surface area contributed by atoms with Crippen molar-refractivity contribution in [3.05, 3.63) is 0 Å². The summed E-state index contributed by atoms with van der Waals surface area (Å²) < 4.78 is 39.7. The van der Waals surface area contributed by atoms with Gasteiger partial charge in [-0.1, -0.05) is 6.42 Å². The van der Waals surface area contributed by atoms with Crippen LogP contribution in [0.2, 0.25) is 0 Å². The van der Waals surface area contributed by atoms with Gasteiger partial charge < -0.3 is 33.2 Å². The van der Waals surface area contributed by atoms with Crippen LogP contribution in [0, 0.1) is 0 Å². The summed E-state index contributed by atoms with van der Waals surface area (Å²) in [6.45, 7) is 4.54. The lowest BCUT2D eigenvalue weighted by Crippen LogP contribution is -2.62. The Balaban J connectivity index is 1.95. The van der Waals surface area contributed by atoms with Crippen molar-refractivity contribution < 1.29 is 52.3 Å². The maximum atomic E-state index is 11.8. The molecule has 2 saturated heterocycles. The minimum atomic E-state index is -1.33. The molecule has 1 aliphatic carbocycles. The van der Waals surface area contributed by atoms with E-state index in [1.54, 1.807) is 0 Å². The molecule has 0 aromatic carbocycles. The van der Waals surface area contributed by atoms with Crippen LogP contribution in [0.5, 0.6) is 0 Å². The van der Waals surface area contributed by atoms with Gasteiger partial charge in [-0.2, -0.15) is 0 Å². The number of fused-ring (bicyclic) bond motifs is 1. The molecule has 0 radical (unpaired) electrons. The number of carbonyl (C=O) groups excluding carboxylic acids is 4. The summed E-state index contributed by atoms with van der Waals surface area (Å²) in [5, 5.41) is 0. The topological polar surface area (TPSA) is 133 Å². The Hall–Kier alpha value is -2.24. The van der Waals surface area contributed by atoms with Gasteiger partial charge in [-0.05, 0) is 12.8 Å². The molecule has 0 aromatic heterocycles. The second-order valence-electron chi connectivity index (χ2n) is 8.24. The monoisotopic (exact) mass is 458 g/mol. The van der Waals surface area contributed by atoms with Gasteiger partial charge in [0.25, 0.3) is 0 Å². The molecule has 2 aliphatic heterocycles. The molecule has 32 heavy (non-hydrogen) atoms. The number of carbonyl (C=O) groups is 4. The SMILES string of the molecule is CC(=O)OC[C@@H](OC(C)=O)[C@@H]1O[C@@H](OC(C)=O)[C@H](OC(C)=O)C2OC3(CCCCC3)O[C@@H]21. The molecule has 1 saturated carbocycles. The number of esters is 4. The summed E-state index contributed by atoms with van der Waals surface area (Å²) in [7, 11) is 0. The van der Waals surface area contributed by atoms with Gasteiger partial charge >= 0.3 is 23.9 Å². The third-order valence-electron chi connectivity index (χ3n) is 5.57. The Labute approximate surface area is 185 Å². The Kier molecular flexibility index (Phi) is 7.73. The number of ether oxygens (including phenoxy) is 7. The second kappa shape index (κ2) is 10.1. The Morgan fingerprint density at radius 2 is 1.47 bits per heavy atom. The molecular weight excluding hydrogens is 428 g/mol. The maximum absolute atomic E-state index is 11.8. The molecule has 1 unspecified atom stereocenters. The van der Waals surface area contributed by atoms with E-state index in [1.165, 1.54) is 27.7 Å². The first-order valence-electron chi connectivity index (χ1n) is 10.8. The Bertz CT molecular complexity index is 715. The molecule has 0 N–H and O–H groups in total. The minimum Gasteiger partial charge on any atom is -0.462 e. The van der Waals surface area contributed by atoms with Gasteiger partial charge in [-0.3, -0.25) is 19.2 Å². The number of rotatable bonds is 6. The molecule has 11 heteroatoms. The predicted molar refractivity (Wildman–Crippen MR) is 104 cm³/mol. The van der Waals surface area contributed by atoms with Crippen molar-refractivity contribution in [1.29, 1.82) is 0 Å². The zero-order chi connectivity index (χ0) is 23.5. The van der Waals surface area contributed by atoms with Crippen molar-refractivity contribution in [3.63, 3.8) is 0 Å². The van der Waals surface area contributed by atoms with E-state index >= 15 is 0 Å². The third-order valence-corrected chi connectivity index (χ3v) is 5.57. The van der Waals surface area contributed by atoms with Gasteiger partial charge in [-0.15, -0.1) is 0 Å². The lowest BCUT2D eigenvalue weighted by molar-refractivity contribution is -0.289. The zero-order valence-corrected chi connectivity index (χ0v) is 18.7. The predicted octanol–water partition coefficient (Wildman–Crippen LogP) is 1.15. The molecule has 0 amide bonds. The van der Waals surface area contributed by atoms with Gasteiger partial charge in [0.2, 0.25) is 6.29 Å². The summed E-state index contributed by atoms with van der Waals surface area (Å²) >= 11 is 0. The fourth-order valence-corrected chi connectivity index (χ4v) is 4.44. The van der Waals surface area contributed by atoms with Gasteiger partial charge in [0, 0.05) is 40.5 Å². The van der Waals surface area contributed by atoms with Crippen molar-refractivity contribution in [2.24, 2.45) is 0 Å². The average molecular weight is 458 g/mol. The van der Waals surface area contributed by atoms with E-state index in [1.807, 2.05) is 0 Å². The van der Waals surface area contributed by atoms with Crippen LogP contribution in [-0.2, 0) is 52.3 Å². The standard InChI is InChI=1S/C21H30O11/c1-11(22)26-10-15(27-12(2)23)16-17-18(32-21(31-17)8-6-5-7-9-21)19(28-13(3)24)20(30-16)29-14(4)25/h15-20H,5-10H2,1-4H3/t15-,16+,17-,18?,19-,20-/m1/s1. The van der Waals surface area contributed by atoms with Crippen LogP contribution in [-0.4, -0.2) is 73.1 Å². The van der Waals surface area contributed by atoms with Crippen molar-refractivity contribution in [1.82, 2.24) is 0 Å². The maximum Gasteiger partial charge on any atom is 0.305 e. The van der Waals surface area contributed by atoms with Gasteiger partial charge in [0.1, 0.15) is 24.9 Å². The molecule has 0 aromatic rings. The molecule has 1 spiro atoms. The summed E-state index contributed by atoms with van der Waals surface area (Å²) in [6.07, 6.45) is -2.13. The average Bonchev–Trinajstić information content (AvgIpc) is 3.05. The highest BCUT2D eigenvalue weighted by molar-refractivity contribution is 5.68. The Morgan fingerprint density at radius 3 is 2.03 bits per heavy atom. The van der Waals surface area contributed by atoms with Crippen molar-refractivity contribution >= 4 is 23.9 Å². The molecule has 0 bridgehead atoms. The first kappa shape index (κ1) is 24.4. The largest absolute Gasteiger partial charge is 0.462 e. The molecule has 180 valence electrons. The molecule has 11 nitrogen and oxygen atoms in total. The highest BCUT2D eigenvalue weighted by atomic mass is 16.8. The van der Waals surface area contributed by atoms with E-state index in [0.717, 1.165) is 19.3 Å². The van der Waals surface area contributed by atoms with Crippen LogP contribution in [0.25, 0.3) is 0 Å². The summed E-state index contributed by atoms with van der Waals surface area (Å²) in [4.78, 5) is 46.7. The van der Waals surface area contributed by atoms with E-state index in [-0.39, 0.29) is 6.61 Å². The molecular formula is C21H30O11. The van der Waals surface area contributed by atoms with Crippen LogP contribution < -0.4 is 0 Å². The normalized spacial score (nSPS) is 31.8. The van der Waals surface area contributed by atoms with Crippen molar-refractivity contribution in [3.8, 4) is 0 Å². The number of hydrogen-bond donors (Lipinski definition) is 0. The van der Waals surface area contributed by atoms with Crippen molar-refractivity contribution in [2.45, 2.75) is 102 Å². The molecule has 3 fully saturated rings. The van der Waals surface area contributed by atoms with Crippen LogP contribution >= 0.6 is 0 Å². The molecule has 3 aliphatic rings. The van der Waals surface area contributed by atoms with E-state index in [2.05, 4.69) is 0 Å². The highest BCUT2D eigenvalue weighted by Crippen LogP contribution is 2.46. The summed E-state index contributed by atoms with van der Waals surface area (Å²) in [6, 6.07) is 0. The van der Waals surface area contributed by atoms with Crippen LogP contribution in [0.3, 0.4) is 0 Å². The third kappa shape index (κ3) is 5.76. The first-order chi connectivity index (χ1) is 15.1. The van der Waals surface area contributed by atoms with E-state index in [4.69, 9.17) is 33.2 Å². The second-order valence-corrected chi connectivity index (χ2v) is 8.24. The van der Waals surface area contributed by atoms with Gasteiger partial charge in [-0.25, -0.2) is 0 Å². The summed E-state index contributed by atoms with van der Waals surface area (Å²) in [5.41, 5.74) is 0. The summed E-state index contributed by atoms with van der Waals surface area (Å²) in [5.74, 6) is -3.39. The lowest BCUT2D eigenvalue weighted by atomic mass is 9.94. The van der Waals surface area contributed by atoms with E-state index in [0.29, 0.717) is 12.8 Å². The van der Waals surface area contributed by atoms with Crippen LogP contribution in [0.15, 0.2) is 0 Å². The van der Waals surface area contributed by atoms with Crippen LogP contribution in [0.4, 0.5) is 0 Å². The lowest BCUT2D eigenvalue weighted by Gasteiger charge is -2.42. The van der Waals surface area contributed by atoms with E-state index < -0.39 is 66.5 Å². The number of hydrogen-bond acceptors (Lipinski definition) is 11. The quantitative estimate of drug-likeness (QED) is 0.419. The molecule has 3 rings (SSSR count). The van der Waals surface area contributed by atoms with E-state index in [9.17, 15) is 19.2 Å². The van der Waals surface area contributed by atoms with Gasteiger partial charge in [0.15, 0.2) is 18.0 Å². The first-order valence-corrected chi connectivity index (χ1v) is 10.8. The van der Waals surface area contributed by atoms with Crippen molar-refractivity contribution in [2.75, 3.05) is 6.61 Å². The van der Waals surface area contributed by atoms with Gasteiger partial charge in [0.05, 0.1) is 0 Å². The fourth-order valence-electron chi connectivity index (χ4n) is 4.44.